The van der Waals surface area contributed by atoms with Gasteiger partial charge in [-0.1, -0.05) is 13.3 Å². The molecule has 0 amide bonds. The molecular formula is C9H12N4. The molecule has 0 saturated carbocycles. The fourth-order valence-electron chi connectivity index (χ4n) is 1.43. The van der Waals surface area contributed by atoms with Crippen LogP contribution in [-0.2, 0) is 13.5 Å². The van der Waals surface area contributed by atoms with Gasteiger partial charge in [0.25, 0.3) is 0 Å². The van der Waals surface area contributed by atoms with Crippen LogP contribution in [0.4, 0.5) is 0 Å². The van der Waals surface area contributed by atoms with Gasteiger partial charge in [-0.25, -0.2) is 9.97 Å². The second kappa shape index (κ2) is 3.12. The fourth-order valence-corrected chi connectivity index (χ4v) is 1.43. The highest BCUT2D eigenvalue weighted by Gasteiger charge is 2.05. The van der Waals surface area contributed by atoms with E-state index in [1.807, 2.05) is 13.2 Å². The minimum Gasteiger partial charge on any atom is -0.273 e. The van der Waals surface area contributed by atoms with Crippen LogP contribution in [0.3, 0.4) is 0 Å². The number of aromatic nitrogens is 4. The number of hydrogen-bond donors (Lipinski definition) is 0. The van der Waals surface area contributed by atoms with Crippen LogP contribution in [0, 0.1) is 0 Å². The quantitative estimate of drug-likeness (QED) is 0.693. The van der Waals surface area contributed by atoms with Crippen molar-refractivity contribution in [2.75, 3.05) is 0 Å². The zero-order chi connectivity index (χ0) is 9.26. The van der Waals surface area contributed by atoms with Gasteiger partial charge in [0.2, 0.25) is 0 Å². The molecule has 68 valence electrons. The molecule has 0 aliphatic heterocycles. The van der Waals surface area contributed by atoms with Crippen LogP contribution in [0.25, 0.3) is 11.0 Å². The van der Waals surface area contributed by atoms with E-state index in [9.17, 15) is 0 Å². The molecule has 0 unspecified atom stereocenters. The van der Waals surface area contributed by atoms with Crippen LogP contribution < -0.4 is 0 Å². The van der Waals surface area contributed by atoms with Crippen LogP contribution in [0.2, 0.25) is 0 Å². The molecule has 0 aromatic carbocycles. The lowest BCUT2D eigenvalue weighted by Crippen LogP contribution is -1.90. The van der Waals surface area contributed by atoms with Gasteiger partial charge >= 0.3 is 0 Å². The van der Waals surface area contributed by atoms with Crippen molar-refractivity contribution in [3.8, 4) is 0 Å². The predicted octanol–water partition coefficient (Wildman–Crippen LogP) is 1.32. The monoisotopic (exact) mass is 176 g/mol. The lowest BCUT2D eigenvalue weighted by molar-refractivity contribution is 0.775. The Kier molecular flexibility index (Phi) is 1.96. The largest absolute Gasteiger partial charge is 0.273 e. The predicted molar refractivity (Wildman–Crippen MR) is 50.3 cm³/mol. The minimum atomic E-state index is 0.793. The Labute approximate surface area is 76.6 Å². The van der Waals surface area contributed by atoms with Gasteiger partial charge in [0.05, 0.1) is 11.1 Å². The molecule has 0 bridgehead atoms. The van der Waals surface area contributed by atoms with E-state index in [4.69, 9.17) is 0 Å². The van der Waals surface area contributed by atoms with Crippen molar-refractivity contribution in [3.05, 3.63) is 18.2 Å². The maximum absolute atomic E-state index is 4.25. The van der Waals surface area contributed by atoms with Crippen LogP contribution in [0.1, 0.15) is 19.0 Å². The molecule has 2 aromatic rings. The fraction of sp³-hybridized carbons (Fsp3) is 0.444. The van der Waals surface area contributed by atoms with E-state index in [2.05, 4.69) is 22.0 Å². The number of aryl methyl sites for hydroxylation is 2. The summed E-state index contributed by atoms with van der Waals surface area (Å²) in [5, 5.41) is 5.30. The second-order valence-electron chi connectivity index (χ2n) is 3.11. The van der Waals surface area contributed by atoms with Gasteiger partial charge in [0.1, 0.15) is 6.33 Å². The van der Waals surface area contributed by atoms with E-state index in [0.29, 0.717) is 0 Å². The van der Waals surface area contributed by atoms with Crippen LogP contribution in [-0.4, -0.2) is 19.7 Å². The number of fused-ring (bicyclic) bond motifs is 1. The van der Waals surface area contributed by atoms with Crippen molar-refractivity contribution in [2.45, 2.75) is 19.8 Å². The lowest BCUT2D eigenvalue weighted by Gasteiger charge is -1.96. The summed E-state index contributed by atoms with van der Waals surface area (Å²) in [6.07, 6.45) is 5.65. The van der Waals surface area contributed by atoms with Gasteiger partial charge in [-0.3, -0.25) is 4.68 Å². The Morgan fingerprint density at radius 1 is 1.38 bits per heavy atom. The minimum absolute atomic E-state index is 0.793. The van der Waals surface area contributed by atoms with Gasteiger partial charge in [-0.2, -0.15) is 5.10 Å². The molecule has 4 nitrogen and oxygen atoms in total. The Morgan fingerprint density at radius 3 is 3.00 bits per heavy atom. The Morgan fingerprint density at radius 2 is 2.23 bits per heavy atom. The third-order valence-corrected chi connectivity index (χ3v) is 2.00. The molecule has 0 aliphatic carbocycles. The van der Waals surface area contributed by atoms with Gasteiger partial charge in [-0.05, 0) is 6.42 Å². The first-order valence-corrected chi connectivity index (χ1v) is 4.44. The normalized spacial score (nSPS) is 10.9. The molecule has 0 saturated heterocycles. The van der Waals surface area contributed by atoms with E-state index >= 15 is 0 Å². The smallest absolute Gasteiger partial charge is 0.184 e. The molecule has 0 N–H and O–H groups in total. The maximum atomic E-state index is 4.25. The highest BCUT2D eigenvalue weighted by Crippen LogP contribution is 2.13. The van der Waals surface area contributed by atoms with Crippen LogP contribution in [0.5, 0.6) is 0 Å². The molecule has 0 atom stereocenters. The molecular weight excluding hydrogens is 164 g/mol. The third kappa shape index (κ3) is 1.39. The maximum Gasteiger partial charge on any atom is 0.184 e. The van der Waals surface area contributed by atoms with Gasteiger partial charge in [0, 0.05) is 13.2 Å². The van der Waals surface area contributed by atoms with Crippen molar-refractivity contribution in [1.29, 1.82) is 0 Å². The summed E-state index contributed by atoms with van der Waals surface area (Å²) < 4.78 is 1.78. The molecule has 4 heteroatoms. The molecule has 2 aromatic heterocycles. The summed E-state index contributed by atoms with van der Waals surface area (Å²) in [5.41, 5.74) is 1.89. The summed E-state index contributed by atoms with van der Waals surface area (Å²) in [7, 11) is 1.90. The lowest BCUT2D eigenvalue weighted by atomic mass is 10.2. The highest BCUT2D eigenvalue weighted by atomic mass is 15.3. The van der Waals surface area contributed by atoms with E-state index in [-0.39, 0.29) is 0 Å². The summed E-state index contributed by atoms with van der Waals surface area (Å²) in [6.45, 7) is 2.14. The van der Waals surface area contributed by atoms with Crippen LogP contribution >= 0.6 is 0 Å². The van der Waals surface area contributed by atoms with E-state index < -0.39 is 0 Å². The van der Waals surface area contributed by atoms with Crippen molar-refractivity contribution in [1.82, 2.24) is 19.7 Å². The van der Waals surface area contributed by atoms with E-state index in [0.717, 1.165) is 29.6 Å². The standard InChI is InChI=1S/C9H12N4/c1-3-4-8-7-5-13(2)12-9(7)11-6-10-8/h5-6H,3-4H2,1-2H3. The SMILES string of the molecule is CCCc1ncnc2nn(C)cc12. The first-order chi connectivity index (χ1) is 6.31. The summed E-state index contributed by atoms with van der Waals surface area (Å²) in [5.74, 6) is 0. The third-order valence-electron chi connectivity index (χ3n) is 2.00. The Hall–Kier alpha value is -1.45. The second-order valence-corrected chi connectivity index (χ2v) is 3.11. The number of hydrogen-bond acceptors (Lipinski definition) is 3. The molecule has 2 rings (SSSR count). The summed E-state index contributed by atoms with van der Waals surface area (Å²) in [4.78, 5) is 8.35. The first kappa shape index (κ1) is 8.16. The average Bonchev–Trinajstić information content (AvgIpc) is 2.47. The van der Waals surface area contributed by atoms with Crippen molar-refractivity contribution < 1.29 is 0 Å². The van der Waals surface area contributed by atoms with Crippen molar-refractivity contribution in [2.24, 2.45) is 7.05 Å². The number of rotatable bonds is 2. The molecule has 13 heavy (non-hydrogen) atoms. The molecule has 0 radical (unpaired) electrons. The highest BCUT2D eigenvalue weighted by molar-refractivity contribution is 5.76. The molecule has 0 spiro atoms. The zero-order valence-electron chi connectivity index (χ0n) is 7.86. The Balaban J connectivity index is 2.60. The van der Waals surface area contributed by atoms with E-state index in [1.54, 1.807) is 11.0 Å². The van der Waals surface area contributed by atoms with Gasteiger partial charge in [-0.15, -0.1) is 0 Å². The van der Waals surface area contributed by atoms with Gasteiger partial charge in [0.15, 0.2) is 5.65 Å². The topological polar surface area (TPSA) is 43.6 Å². The summed E-state index contributed by atoms with van der Waals surface area (Å²) in [6, 6.07) is 0. The first-order valence-electron chi connectivity index (χ1n) is 4.44. The van der Waals surface area contributed by atoms with Crippen LogP contribution in [0.15, 0.2) is 12.5 Å². The van der Waals surface area contributed by atoms with Gasteiger partial charge < -0.3 is 0 Å². The number of nitrogens with zero attached hydrogens (tertiary/aromatic N) is 4. The van der Waals surface area contributed by atoms with E-state index in [1.165, 1.54) is 0 Å². The summed E-state index contributed by atoms with van der Waals surface area (Å²) >= 11 is 0. The molecule has 2 heterocycles. The zero-order valence-corrected chi connectivity index (χ0v) is 7.86. The molecule has 0 fully saturated rings. The van der Waals surface area contributed by atoms with Crippen molar-refractivity contribution >= 4 is 11.0 Å². The van der Waals surface area contributed by atoms with Crippen molar-refractivity contribution in [3.63, 3.8) is 0 Å². The average molecular weight is 176 g/mol. The molecule has 0 aliphatic rings. The Bertz CT molecular complexity index is 418.